The molecule has 2 aliphatic heterocycles. The van der Waals surface area contributed by atoms with Crippen LogP contribution in [-0.2, 0) is 11.2 Å². The van der Waals surface area contributed by atoms with Crippen molar-refractivity contribution in [3.05, 3.63) is 65.2 Å². The van der Waals surface area contributed by atoms with Crippen LogP contribution in [0.2, 0.25) is 0 Å². The zero-order chi connectivity index (χ0) is 18.1. The summed E-state index contributed by atoms with van der Waals surface area (Å²) in [5.74, 6) is -0.125. The van der Waals surface area contributed by atoms with Gasteiger partial charge in [-0.15, -0.1) is 0 Å². The van der Waals surface area contributed by atoms with E-state index in [4.69, 9.17) is 0 Å². The SMILES string of the molecule is Cc1cccc(N2CCN(C(=O)C3Cc4ccccc4C(=O)N3)CC2)c1. The summed E-state index contributed by atoms with van der Waals surface area (Å²) >= 11 is 0. The maximum absolute atomic E-state index is 12.9. The standard InChI is InChI=1S/C21H23N3O2/c1-15-5-4-7-17(13-15)23-9-11-24(12-10-23)21(26)19-14-16-6-2-3-8-18(16)20(25)22-19/h2-8,13,19H,9-12,14H2,1H3,(H,22,25). The Morgan fingerprint density at radius 2 is 1.81 bits per heavy atom. The van der Waals surface area contributed by atoms with Crippen LogP contribution in [-0.4, -0.2) is 48.9 Å². The van der Waals surface area contributed by atoms with E-state index in [0.717, 1.165) is 18.7 Å². The molecule has 1 unspecified atom stereocenters. The summed E-state index contributed by atoms with van der Waals surface area (Å²) in [5, 5.41) is 2.88. The van der Waals surface area contributed by atoms with Crippen molar-refractivity contribution < 1.29 is 9.59 Å². The molecule has 1 N–H and O–H groups in total. The molecular formula is C21H23N3O2. The molecule has 2 aliphatic rings. The van der Waals surface area contributed by atoms with Crippen LogP contribution in [0.15, 0.2) is 48.5 Å². The van der Waals surface area contributed by atoms with Gasteiger partial charge >= 0.3 is 0 Å². The molecule has 1 fully saturated rings. The summed E-state index contributed by atoms with van der Waals surface area (Å²) in [6.45, 7) is 5.08. The van der Waals surface area contributed by atoms with E-state index in [9.17, 15) is 9.59 Å². The lowest BCUT2D eigenvalue weighted by atomic mass is 9.94. The number of hydrogen-bond acceptors (Lipinski definition) is 3. The van der Waals surface area contributed by atoms with Crippen LogP contribution in [0.5, 0.6) is 0 Å². The van der Waals surface area contributed by atoms with Crippen molar-refractivity contribution in [3.8, 4) is 0 Å². The summed E-state index contributed by atoms with van der Waals surface area (Å²) in [7, 11) is 0. The van der Waals surface area contributed by atoms with E-state index in [0.29, 0.717) is 25.1 Å². The molecule has 2 aromatic rings. The molecule has 0 bridgehead atoms. The first-order valence-corrected chi connectivity index (χ1v) is 9.11. The lowest BCUT2D eigenvalue weighted by Gasteiger charge is -2.38. The highest BCUT2D eigenvalue weighted by atomic mass is 16.2. The molecule has 0 aliphatic carbocycles. The minimum Gasteiger partial charge on any atom is -0.368 e. The third kappa shape index (κ3) is 3.17. The highest BCUT2D eigenvalue weighted by Gasteiger charge is 2.33. The zero-order valence-electron chi connectivity index (χ0n) is 14.9. The minimum atomic E-state index is -0.456. The summed E-state index contributed by atoms with van der Waals surface area (Å²) < 4.78 is 0. The number of fused-ring (bicyclic) bond motifs is 1. The Hall–Kier alpha value is -2.82. The van der Waals surface area contributed by atoms with Gasteiger partial charge in [0.1, 0.15) is 6.04 Å². The largest absolute Gasteiger partial charge is 0.368 e. The Bertz CT molecular complexity index is 841. The Kier molecular flexibility index (Phi) is 4.37. The van der Waals surface area contributed by atoms with Crippen molar-refractivity contribution in [1.29, 1.82) is 0 Å². The lowest BCUT2D eigenvalue weighted by Crippen LogP contribution is -2.56. The topological polar surface area (TPSA) is 52.7 Å². The van der Waals surface area contributed by atoms with Gasteiger partial charge in [0.25, 0.3) is 5.91 Å². The van der Waals surface area contributed by atoms with Gasteiger partial charge in [-0.3, -0.25) is 9.59 Å². The third-order valence-electron chi connectivity index (χ3n) is 5.25. The van der Waals surface area contributed by atoms with Crippen LogP contribution in [0, 0.1) is 6.92 Å². The molecule has 0 saturated carbocycles. The molecule has 5 nitrogen and oxygen atoms in total. The summed E-state index contributed by atoms with van der Waals surface area (Å²) in [6, 6.07) is 15.5. The van der Waals surface area contributed by atoms with Crippen LogP contribution in [0.1, 0.15) is 21.5 Å². The number of nitrogens with one attached hydrogen (secondary N) is 1. The number of aryl methyl sites for hydroxylation is 1. The van der Waals surface area contributed by atoms with Crippen LogP contribution in [0.4, 0.5) is 5.69 Å². The molecule has 0 radical (unpaired) electrons. The number of amides is 2. The fraction of sp³-hybridized carbons (Fsp3) is 0.333. The molecule has 0 aromatic heterocycles. The average Bonchev–Trinajstić information content (AvgIpc) is 2.67. The van der Waals surface area contributed by atoms with Crippen LogP contribution in [0.25, 0.3) is 0 Å². The molecule has 26 heavy (non-hydrogen) atoms. The van der Waals surface area contributed by atoms with Gasteiger partial charge in [-0.2, -0.15) is 0 Å². The Morgan fingerprint density at radius 3 is 2.58 bits per heavy atom. The van der Waals surface area contributed by atoms with Gasteiger partial charge in [0.05, 0.1) is 0 Å². The Labute approximate surface area is 153 Å². The highest BCUT2D eigenvalue weighted by molar-refractivity contribution is 6.00. The second kappa shape index (κ2) is 6.83. The number of anilines is 1. The second-order valence-electron chi connectivity index (χ2n) is 7.04. The summed E-state index contributed by atoms with van der Waals surface area (Å²) in [4.78, 5) is 29.4. The molecule has 2 amide bonds. The molecule has 1 saturated heterocycles. The number of hydrogen-bond donors (Lipinski definition) is 1. The van der Waals surface area contributed by atoms with Crippen molar-refractivity contribution in [2.45, 2.75) is 19.4 Å². The van der Waals surface area contributed by atoms with Crippen molar-refractivity contribution in [2.24, 2.45) is 0 Å². The van der Waals surface area contributed by atoms with Crippen LogP contribution >= 0.6 is 0 Å². The monoisotopic (exact) mass is 349 g/mol. The zero-order valence-corrected chi connectivity index (χ0v) is 14.9. The van der Waals surface area contributed by atoms with Crippen molar-refractivity contribution in [1.82, 2.24) is 10.2 Å². The van der Waals surface area contributed by atoms with Gasteiger partial charge in [-0.05, 0) is 36.2 Å². The van der Waals surface area contributed by atoms with Gasteiger partial charge in [-0.25, -0.2) is 0 Å². The van der Waals surface area contributed by atoms with Crippen LogP contribution < -0.4 is 10.2 Å². The van der Waals surface area contributed by atoms with Gasteiger partial charge in [0, 0.05) is 43.9 Å². The van der Waals surface area contributed by atoms with Gasteiger partial charge in [0.15, 0.2) is 0 Å². The number of rotatable bonds is 2. The maximum atomic E-state index is 12.9. The van der Waals surface area contributed by atoms with Crippen LogP contribution in [0.3, 0.4) is 0 Å². The molecule has 134 valence electrons. The first-order valence-electron chi connectivity index (χ1n) is 9.11. The second-order valence-corrected chi connectivity index (χ2v) is 7.04. The predicted octanol–water partition coefficient (Wildman–Crippen LogP) is 2.00. The maximum Gasteiger partial charge on any atom is 0.252 e. The fourth-order valence-corrected chi connectivity index (χ4v) is 3.81. The van der Waals surface area contributed by atoms with E-state index < -0.39 is 6.04 Å². The van der Waals surface area contributed by atoms with Crippen molar-refractivity contribution in [3.63, 3.8) is 0 Å². The number of benzene rings is 2. The average molecular weight is 349 g/mol. The van der Waals surface area contributed by atoms with Gasteiger partial charge < -0.3 is 15.1 Å². The van der Waals surface area contributed by atoms with Gasteiger partial charge in [0.2, 0.25) is 5.91 Å². The smallest absolute Gasteiger partial charge is 0.252 e. The lowest BCUT2D eigenvalue weighted by molar-refractivity contribution is -0.133. The number of piperazine rings is 1. The van der Waals surface area contributed by atoms with E-state index in [1.807, 2.05) is 29.2 Å². The number of nitrogens with zero attached hydrogens (tertiary/aromatic N) is 2. The minimum absolute atomic E-state index is 0.0248. The third-order valence-corrected chi connectivity index (χ3v) is 5.25. The van der Waals surface area contributed by atoms with E-state index in [1.165, 1.54) is 11.3 Å². The first kappa shape index (κ1) is 16.6. The molecular weight excluding hydrogens is 326 g/mol. The highest BCUT2D eigenvalue weighted by Crippen LogP contribution is 2.20. The molecule has 1 atom stereocenters. The van der Waals surface area contributed by atoms with E-state index in [2.05, 4.69) is 41.4 Å². The van der Waals surface area contributed by atoms with E-state index in [1.54, 1.807) is 0 Å². The van der Waals surface area contributed by atoms with Crippen molar-refractivity contribution >= 4 is 17.5 Å². The molecule has 2 heterocycles. The first-order chi connectivity index (χ1) is 12.6. The summed E-state index contributed by atoms with van der Waals surface area (Å²) in [5.41, 5.74) is 4.08. The molecule has 5 heteroatoms. The van der Waals surface area contributed by atoms with Gasteiger partial charge in [-0.1, -0.05) is 30.3 Å². The molecule has 4 rings (SSSR count). The number of carbonyl (C=O) groups is 2. The number of carbonyl (C=O) groups excluding carboxylic acids is 2. The fourth-order valence-electron chi connectivity index (χ4n) is 3.81. The van der Waals surface area contributed by atoms with E-state index >= 15 is 0 Å². The van der Waals surface area contributed by atoms with Crippen molar-refractivity contribution in [2.75, 3.05) is 31.1 Å². The van der Waals surface area contributed by atoms with E-state index in [-0.39, 0.29) is 11.8 Å². The Balaban J connectivity index is 1.41. The normalized spacial score (nSPS) is 19.7. The Morgan fingerprint density at radius 1 is 1.04 bits per heavy atom. The molecule has 0 spiro atoms. The summed E-state index contributed by atoms with van der Waals surface area (Å²) in [6.07, 6.45) is 0.568. The predicted molar refractivity (Wildman–Crippen MR) is 101 cm³/mol. The quantitative estimate of drug-likeness (QED) is 0.902. The molecule has 2 aromatic carbocycles.